The second-order valence-electron chi connectivity index (χ2n) is 6.32. The van der Waals surface area contributed by atoms with Gasteiger partial charge in [0.1, 0.15) is 5.82 Å². The Morgan fingerprint density at radius 1 is 1.26 bits per heavy atom. The van der Waals surface area contributed by atoms with E-state index in [1.54, 1.807) is 6.20 Å². The van der Waals surface area contributed by atoms with Gasteiger partial charge in [0.2, 0.25) is 5.91 Å². The summed E-state index contributed by atoms with van der Waals surface area (Å²) in [5, 5.41) is 7.53. The van der Waals surface area contributed by atoms with E-state index in [9.17, 15) is 4.79 Å². The molecule has 1 N–H and O–H groups in total. The molecular weight excluding hydrogens is 290 g/mol. The minimum absolute atomic E-state index is 0.0355. The van der Waals surface area contributed by atoms with Crippen molar-refractivity contribution in [1.82, 2.24) is 9.78 Å². The highest BCUT2D eigenvalue weighted by atomic mass is 16.5. The minimum Gasteiger partial charge on any atom is -0.381 e. The molecule has 1 fully saturated rings. The summed E-state index contributed by atoms with van der Waals surface area (Å²) in [6.45, 7) is 1.19. The van der Waals surface area contributed by atoms with Gasteiger partial charge in [-0.3, -0.25) is 4.79 Å². The summed E-state index contributed by atoms with van der Waals surface area (Å²) >= 11 is 0. The van der Waals surface area contributed by atoms with Crippen LogP contribution in [0.1, 0.15) is 36.4 Å². The van der Waals surface area contributed by atoms with Gasteiger partial charge in [0.15, 0.2) is 0 Å². The Bertz CT molecular complexity index is 704. The van der Waals surface area contributed by atoms with Gasteiger partial charge in [0.05, 0.1) is 24.8 Å². The van der Waals surface area contributed by atoms with Gasteiger partial charge in [-0.15, -0.1) is 0 Å². The lowest BCUT2D eigenvalue weighted by Crippen LogP contribution is -2.26. The monoisotopic (exact) mass is 311 g/mol. The van der Waals surface area contributed by atoms with Crippen LogP contribution in [0.3, 0.4) is 0 Å². The molecule has 2 heterocycles. The number of fused-ring (bicyclic) bond motifs is 1. The molecule has 0 spiro atoms. The molecule has 1 aromatic heterocycles. The van der Waals surface area contributed by atoms with Crippen molar-refractivity contribution < 1.29 is 9.53 Å². The zero-order valence-corrected chi connectivity index (χ0v) is 13.1. The molecule has 0 unspecified atom stereocenters. The van der Waals surface area contributed by atoms with E-state index in [-0.39, 0.29) is 17.9 Å². The number of hydrogen-bond donors (Lipinski definition) is 1. The van der Waals surface area contributed by atoms with Crippen LogP contribution >= 0.6 is 0 Å². The number of amides is 1. The number of ether oxygens (including phenoxy) is 1. The summed E-state index contributed by atoms with van der Waals surface area (Å²) in [7, 11) is 0. The van der Waals surface area contributed by atoms with Crippen LogP contribution in [0.25, 0.3) is 0 Å². The number of carbonyl (C=O) groups is 1. The number of carbonyl (C=O) groups excluding carboxylic acids is 1. The summed E-state index contributed by atoms with van der Waals surface area (Å²) in [6, 6.07) is 10.6. The Hall–Kier alpha value is -2.14. The van der Waals surface area contributed by atoms with Gasteiger partial charge in [-0.2, -0.15) is 5.10 Å². The average Bonchev–Trinajstić information content (AvgIpc) is 3.26. The fourth-order valence-electron chi connectivity index (χ4n) is 3.61. The molecule has 1 aliphatic heterocycles. The Labute approximate surface area is 135 Å². The molecule has 0 bridgehead atoms. The quantitative estimate of drug-likeness (QED) is 0.948. The molecule has 1 aromatic carbocycles. The Morgan fingerprint density at radius 2 is 2.17 bits per heavy atom. The molecule has 1 amide bonds. The molecule has 1 saturated heterocycles. The number of hydrogen-bond acceptors (Lipinski definition) is 3. The van der Waals surface area contributed by atoms with Crippen LogP contribution in [-0.4, -0.2) is 28.9 Å². The predicted octanol–water partition coefficient (Wildman–Crippen LogP) is 2.78. The second kappa shape index (κ2) is 6.16. The molecule has 0 radical (unpaired) electrons. The van der Waals surface area contributed by atoms with Gasteiger partial charge in [-0.1, -0.05) is 24.3 Å². The van der Waals surface area contributed by atoms with Gasteiger partial charge < -0.3 is 10.1 Å². The first-order chi connectivity index (χ1) is 11.3. The van der Waals surface area contributed by atoms with E-state index in [1.807, 2.05) is 10.7 Å². The van der Waals surface area contributed by atoms with Gasteiger partial charge in [0, 0.05) is 12.7 Å². The first-order valence-electron chi connectivity index (χ1n) is 8.33. The molecule has 5 nitrogen and oxygen atoms in total. The molecule has 5 heteroatoms. The van der Waals surface area contributed by atoms with E-state index in [0.29, 0.717) is 13.2 Å². The smallest absolute Gasteiger partial charge is 0.231 e. The number of benzene rings is 1. The maximum Gasteiger partial charge on any atom is 0.231 e. The molecular formula is C18H21N3O2. The van der Waals surface area contributed by atoms with Gasteiger partial charge in [0.25, 0.3) is 0 Å². The third-order valence-corrected chi connectivity index (χ3v) is 4.86. The first-order valence-corrected chi connectivity index (χ1v) is 8.33. The van der Waals surface area contributed by atoms with E-state index in [1.165, 1.54) is 11.1 Å². The summed E-state index contributed by atoms with van der Waals surface area (Å²) in [4.78, 5) is 12.4. The summed E-state index contributed by atoms with van der Waals surface area (Å²) in [6.07, 6.45) is 5.87. The number of aryl methyl sites for hydroxylation is 1. The Morgan fingerprint density at radius 3 is 3.04 bits per heavy atom. The number of anilines is 1. The fraction of sp³-hybridized carbons (Fsp3) is 0.444. The van der Waals surface area contributed by atoms with Crippen LogP contribution < -0.4 is 5.32 Å². The van der Waals surface area contributed by atoms with E-state index in [2.05, 4.69) is 34.7 Å². The summed E-state index contributed by atoms with van der Waals surface area (Å²) in [5.41, 5.74) is 2.71. The van der Waals surface area contributed by atoms with E-state index >= 15 is 0 Å². The van der Waals surface area contributed by atoms with Crippen molar-refractivity contribution in [1.29, 1.82) is 0 Å². The second-order valence-corrected chi connectivity index (χ2v) is 6.32. The predicted molar refractivity (Wildman–Crippen MR) is 87.3 cm³/mol. The van der Waals surface area contributed by atoms with Gasteiger partial charge in [-0.05, 0) is 36.8 Å². The van der Waals surface area contributed by atoms with E-state index in [0.717, 1.165) is 31.5 Å². The molecule has 23 heavy (non-hydrogen) atoms. The van der Waals surface area contributed by atoms with E-state index < -0.39 is 0 Å². The summed E-state index contributed by atoms with van der Waals surface area (Å²) < 4.78 is 7.27. The van der Waals surface area contributed by atoms with Crippen LogP contribution in [0.15, 0.2) is 36.5 Å². The molecule has 120 valence electrons. The van der Waals surface area contributed by atoms with Gasteiger partial charge >= 0.3 is 0 Å². The largest absolute Gasteiger partial charge is 0.381 e. The Balaban J connectivity index is 1.59. The molecule has 2 aliphatic rings. The number of nitrogens with zero attached hydrogens (tertiary/aromatic N) is 2. The van der Waals surface area contributed by atoms with Crippen LogP contribution in [0.5, 0.6) is 0 Å². The van der Waals surface area contributed by atoms with E-state index in [4.69, 9.17) is 4.74 Å². The maximum atomic E-state index is 12.4. The van der Waals surface area contributed by atoms with Crippen molar-refractivity contribution in [2.45, 2.75) is 31.7 Å². The van der Waals surface area contributed by atoms with Gasteiger partial charge in [-0.25, -0.2) is 4.68 Å². The number of aromatic nitrogens is 2. The van der Waals surface area contributed by atoms with Crippen LogP contribution in [0, 0.1) is 5.92 Å². The van der Waals surface area contributed by atoms with Crippen LogP contribution in [0.2, 0.25) is 0 Å². The standard InChI is InChI=1S/C18H21N3O2/c22-18(14-9-11-23-12-14)20-17-8-10-19-21(17)16-7-3-5-13-4-1-2-6-15(13)16/h1-2,4,6,8,10,14,16H,3,5,7,9,11-12H2,(H,20,22)/t14-,16-/m0/s1. The first kappa shape index (κ1) is 14.5. The zero-order chi connectivity index (χ0) is 15.6. The van der Waals surface area contributed by atoms with Crippen molar-refractivity contribution in [3.8, 4) is 0 Å². The summed E-state index contributed by atoms with van der Waals surface area (Å²) in [5.74, 6) is 0.772. The molecule has 0 saturated carbocycles. The molecule has 1 aliphatic carbocycles. The maximum absolute atomic E-state index is 12.4. The highest BCUT2D eigenvalue weighted by Gasteiger charge is 2.27. The number of rotatable bonds is 3. The third-order valence-electron chi connectivity index (χ3n) is 4.86. The fourth-order valence-corrected chi connectivity index (χ4v) is 3.61. The van der Waals surface area contributed by atoms with Crippen LogP contribution in [0.4, 0.5) is 5.82 Å². The van der Waals surface area contributed by atoms with Crippen molar-refractivity contribution in [3.63, 3.8) is 0 Å². The lowest BCUT2D eigenvalue weighted by atomic mass is 9.88. The van der Waals surface area contributed by atoms with Crippen molar-refractivity contribution in [2.24, 2.45) is 5.92 Å². The lowest BCUT2D eigenvalue weighted by Gasteiger charge is -2.27. The third kappa shape index (κ3) is 2.77. The molecule has 4 rings (SSSR count). The lowest BCUT2D eigenvalue weighted by molar-refractivity contribution is -0.119. The number of nitrogens with one attached hydrogen (secondary N) is 1. The van der Waals surface area contributed by atoms with Crippen molar-refractivity contribution in [2.75, 3.05) is 18.5 Å². The van der Waals surface area contributed by atoms with Crippen molar-refractivity contribution >= 4 is 11.7 Å². The average molecular weight is 311 g/mol. The SMILES string of the molecule is O=C(Nc1ccnn1[C@H]1CCCc2ccccc21)[C@H]1CCOC1. The highest BCUT2D eigenvalue weighted by Crippen LogP contribution is 2.34. The molecule has 2 aromatic rings. The highest BCUT2D eigenvalue weighted by molar-refractivity contribution is 5.92. The molecule has 2 atom stereocenters. The van der Waals surface area contributed by atoms with Crippen molar-refractivity contribution in [3.05, 3.63) is 47.7 Å². The zero-order valence-electron chi connectivity index (χ0n) is 13.1. The minimum atomic E-state index is -0.0445. The topological polar surface area (TPSA) is 56.2 Å². The normalized spacial score (nSPS) is 23.5. The van der Waals surface area contributed by atoms with Crippen LogP contribution in [-0.2, 0) is 16.0 Å². The Kier molecular flexibility index (Phi) is 3.87.